The van der Waals surface area contributed by atoms with Crippen LogP contribution >= 0.6 is 0 Å². The van der Waals surface area contributed by atoms with Crippen LogP contribution in [0.3, 0.4) is 0 Å². The number of carboxylic acids is 2. The van der Waals surface area contributed by atoms with Gasteiger partial charge in [-0.1, -0.05) is 38.5 Å². The van der Waals surface area contributed by atoms with Gasteiger partial charge in [0.2, 0.25) is 6.41 Å². The molecule has 1 rings (SSSR count). The van der Waals surface area contributed by atoms with Crippen LogP contribution in [0.1, 0.15) is 88.9 Å². The van der Waals surface area contributed by atoms with Gasteiger partial charge in [-0.05, 0) is 57.9 Å². The Morgan fingerprint density at radius 3 is 1.85 bits per heavy atom. The highest BCUT2D eigenvalue weighted by atomic mass is 16.6. The van der Waals surface area contributed by atoms with Gasteiger partial charge in [0.05, 0.1) is 5.56 Å². The van der Waals surface area contributed by atoms with Crippen molar-refractivity contribution >= 4 is 30.1 Å². The van der Waals surface area contributed by atoms with Crippen molar-refractivity contribution in [2.75, 3.05) is 11.9 Å². The van der Waals surface area contributed by atoms with E-state index < -0.39 is 17.5 Å². The number of carbonyl (C=O) groups is 4. The van der Waals surface area contributed by atoms with E-state index in [4.69, 9.17) is 14.9 Å². The molecule has 0 fully saturated rings. The lowest BCUT2D eigenvalue weighted by molar-refractivity contribution is -0.137. The molecular formula is C24H38N2O7. The average molecular weight is 467 g/mol. The normalized spacial score (nSPS) is 10.4. The first-order valence-electron chi connectivity index (χ1n) is 11.3. The fourth-order valence-corrected chi connectivity index (χ4v) is 2.74. The van der Waals surface area contributed by atoms with Gasteiger partial charge in [-0.2, -0.15) is 0 Å². The SMILES string of the molecule is CC(C)(C)OC(=O)NCCCCCCCCCCC(=O)O.O=CNc1ccc(C(=O)O)cc1. The first-order chi connectivity index (χ1) is 15.5. The number of aliphatic carboxylic acids is 1. The van der Waals surface area contributed by atoms with Crippen LogP contribution in [0.25, 0.3) is 0 Å². The van der Waals surface area contributed by atoms with E-state index in [-0.39, 0.29) is 18.1 Å². The summed E-state index contributed by atoms with van der Waals surface area (Å²) in [5, 5.41) is 22.2. The number of alkyl carbamates (subject to hydrolysis) is 1. The second kappa shape index (κ2) is 17.5. The molecule has 186 valence electrons. The maximum absolute atomic E-state index is 11.4. The zero-order chi connectivity index (χ0) is 25.1. The standard InChI is InChI=1S/C16H31NO4.C8H7NO3/c1-16(2,3)21-15(20)17-13-11-9-7-5-4-6-8-10-12-14(18)19;10-5-9-7-3-1-6(2-4-7)8(11)12/h4-13H2,1-3H3,(H,17,20)(H,18,19);1-5H,(H,9,10)(H,11,12). The first-order valence-corrected chi connectivity index (χ1v) is 11.3. The molecule has 33 heavy (non-hydrogen) atoms. The molecule has 9 nitrogen and oxygen atoms in total. The Hall–Kier alpha value is -3.10. The molecule has 1 aromatic rings. The number of nitrogens with one attached hydrogen (secondary N) is 2. The van der Waals surface area contributed by atoms with Gasteiger partial charge >= 0.3 is 18.0 Å². The van der Waals surface area contributed by atoms with Gasteiger partial charge in [-0.25, -0.2) is 9.59 Å². The van der Waals surface area contributed by atoms with E-state index in [0.29, 0.717) is 18.6 Å². The number of aromatic carboxylic acids is 1. The molecule has 0 atom stereocenters. The van der Waals surface area contributed by atoms with Gasteiger partial charge in [-0.3, -0.25) is 9.59 Å². The molecule has 1 aromatic carbocycles. The summed E-state index contributed by atoms with van der Waals surface area (Å²) >= 11 is 0. The van der Waals surface area contributed by atoms with Crippen LogP contribution < -0.4 is 10.6 Å². The highest BCUT2D eigenvalue weighted by molar-refractivity contribution is 5.88. The topological polar surface area (TPSA) is 142 Å². The van der Waals surface area contributed by atoms with Gasteiger partial charge < -0.3 is 25.6 Å². The number of amides is 2. The van der Waals surface area contributed by atoms with Crippen LogP contribution in [-0.2, 0) is 14.3 Å². The lowest BCUT2D eigenvalue weighted by Crippen LogP contribution is -2.32. The summed E-state index contributed by atoms with van der Waals surface area (Å²) in [5.74, 6) is -1.68. The Labute approximate surface area is 195 Å². The maximum Gasteiger partial charge on any atom is 0.407 e. The average Bonchev–Trinajstić information content (AvgIpc) is 2.71. The fourth-order valence-electron chi connectivity index (χ4n) is 2.74. The third-order valence-corrected chi connectivity index (χ3v) is 4.34. The molecule has 0 saturated carbocycles. The lowest BCUT2D eigenvalue weighted by atomic mass is 10.1. The fraction of sp³-hybridized carbons (Fsp3) is 0.583. The number of ether oxygens (including phenoxy) is 1. The second-order valence-corrected chi connectivity index (χ2v) is 8.55. The summed E-state index contributed by atoms with van der Waals surface area (Å²) < 4.78 is 5.15. The van der Waals surface area contributed by atoms with Crippen LogP contribution in [0.5, 0.6) is 0 Å². The molecule has 0 aliphatic heterocycles. The summed E-state index contributed by atoms with van der Waals surface area (Å²) in [5.41, 5.74) is 0.339. The number of carboxylic acid groups (broad SMARTS) is 2. The van der Waals surface area contributed by atoms with E-state index in [1.807, 2.05) is 20.8 Å². The Kier molecular flexibility index (Phi) is 15.8. The van der Waals surface area contributed by atoms with Crippen molar-refractivity contribution in [3.63, 3.8) is 0 Å². The lowest BCUT2D eigenvalue weighted by Gasteiger charge is -2.19. The van der Waals surface area contributed by atoms with Crippen molar-refractivity contribution < 1.29 is 34.1 Å². The summed E-state index contributed by atoms with van der Waals surface area (Å²) in [7, 11) is 0. The van der Waals surface area contributed by atoms with Crippen LogP contribution in [0, 0.1) is 0 Å². The number of hydrogen-bond acceptors (Lipinski definition) is 5. The van der Waals surface area contributed by atoms with Crippen molar-refractivity contribution in [1.82, 2.24) is 5.32 Å². The van der Waals surface area contributed by atoms with E-state index >= 15 is 0 Å². The largest absolute Gasteiger partial charge is 0.481 e. The molecule has 0 spiro atoms. The Morgan fingerprint density at radius 1 is 0.879 bits per heavy atom. The smallest absolute Gasteiger partial charge is 0.407 e. The minimum absolute atomic E-state index is 0.200. The Morgan fingerprint density at radius 2 is 1.39 bits per heavy atom. The highest BCUT2D eigenvalue weighted by Crippen LogP contribution is 2.10. The molecule has 0 radical (unpaired) electrons. The zero-order valence-corrected chi connectivity index (χ0v) is 19.9. The Bertz CT molecular complexity index is 713. The third kappa shape index (κ3) is 19.3. The second-order valence-electron chi connectivity index (χ2n) is 8.55. The van der Waals surface area contributed by atoms with E-state index in [2.05, 4.69) is 10.6 Å². The molecule has 0 aromatic heterocycles. The maximum atomic E-state index is 11.4. The monoisotopic (exact) mass is 466 g/mol. The van der Waals surface area contributed by atoms with Gasteiger partial charge in [0.1, 0.15) is 5.60 Å². The molecule has 0 aliphatic rings. The minimum atomic E-state index is -0.979. The molecule has 4 N–H and O–H groups in total. The summed E-state index contributed by atoms with van der Waals surface area (Å²) in [6.45, 7) is 6.21. The number of benzene rings is 1. The quantitative estimate of drug-likeness (QED) is 0.222. The molecule has 0 unspecified atom stereocenters. The minimum Gasteiger partial charge on any atom is -0.481 e. The summed E-state index contributed by atoms with van der Waals surface area (Å²) in [4.78, 5) is 42.0. The van der Waals surface area contributed by atoms with Gasteiger partial charge in [0, 0.05) is 18.7 Å². The molecular weight excluding hydrogens is 428 g/mol. The van der Waals surface area contributed by atoms with Gasteiger partial charge in [0.25, 0.3) is 0 Å². The molecule has 0 saturated heterocycles. The number of carbonyl (C=O) groups excluding carboxylic acids is 2. The van der Waals surface area contributed by atoms with E-state index in [1.54, 1.807) is 0 Å². The number of hydrogen-bond donors (Lipinski definition) is 4. The number of anilines is 1. The van der Waals surface area contributed by atoms with Crippen molar-refractivity contribution in [2.24, 2.45) is 0 Å². The van der Waals surface area contributed by atoms with Crippen molar-refractivity contribution in [1.29, 1.82) is 0 Å². The van der Waals surface area contributed by atoms with Crippen LogP contribution in [-0.4, -0.2) is 46.8 Å². The third-order valence-electron chi connectivity index (χ3n) is 4.34. The van der Waals surface area contributed by atoms with Crippen LogP contribution in [0.4, 0.5) is 10.5 Å². The van der Waals surface area contributed by atoms with Crippen molar-refractivity contribution in [3.8, 4) is 0 Å². The van der Waals surface area contributed by atoms with Crippen LogP contribution in [0.15, 0.2) is 24.3 Å². The van der Waals surface area contributed by atoms with Gasteiger partial charge in [0.15, 0.2) is 0 Å². The predicted octanol–water partition coefficient (Wildman–Crippen LogP) is 5.06. The molecule has 0 bridgehead atoms. The summed E-state index contributed by atoms with van der Waals surface area (Å²) in [6.07, 6.45) is 8.97. The highest BCUT2D eigenvalue weighted by Gasteiger charge is 2.15. The van der Waals surface area contributed by atoms with E-state index in [0.717, 1.165) is 38.5 Å². The predicted molar refractivity (Wildman–Crippen MR) is 127 cm³/mol. The number of unbranched alkanes of at least 4 members (excludes halogenated alkanes) is 7. The molecule has 0 heterocycles. The first kappa shape index (κ1) is 29.9. The van der Waals surface area contributed by atoms with E-state index in [9.17, 15) is 19.2 Å². The van der Waals surface area contributed by atoms with Crippen molar-refractivity contribution in [3.05, 3.63) is 29.8 Å². The van der Waals surface area contributed by atoms with Crippen molar-refractivity contribution in [2.45, 2.75) is 84.2 Å². The number of rotatable bonds is 14. The molecule has 0 aliphatic carbocycles. The molecule has 9 heteroatoms. The Balaban J connectivity index is 0.000000716. The summed E-state index contributed by atoms with van der Waals surface area (Å²) in [6, 6.07) is 5.90. The zero-order valence-electron chi connectivity index (χ0n) is 19.9. The van der Waals surface area contributed by atoms with Gasteiger partial charge in [-0.15, -0.1) is 0 Å². The van der Waals surface area contributed by atoms with E-state index in [1.165, 1.54) is 37.1 Å². The molecule has 2 amide bonds. The van der Waals surface area contributed by atoms with Crippen LogP contribution in [0.2, 0.25) is 0 Å².